The van der Waals surface area contributed by atoms with Crippen molar-refractivity contribution in [1.29, 1.82) is 0 Å². The summed E-state index contributed by atoms with van der Waals surface area (Å²) in [6.45, 7) is 4.45. The zero-order valence-corrected chi connectivity index (χ0v) is 13.9. The van der Waals surface area contributed by atoms with Crippen LogP contribution in [0.15, 0.2) is 18.2 Å². The highest BCUT2D eigenvalue weighted by atomic mass is 35.5. The minimum Gasteiger partial charge on any atom is -0.378 e. The van der Waals surface area contributed by atoms with Gasteiger partial charge in [0.1, 0.15) is 0 Å². The van der Waals surface area contributed by atoms with Crippen LogP contribution in [0.5, 0.6) is 0 Å². The van der Waals surface area contributed by atoms with Gasteiger partial charge in [0.2, 0.25) is 0 Å². The number of anilines is 1. The number of nitrogens with zero attached hydrogens (tertiary/aromatic N) is 2. The molecule has 1 heterocycles. The fourth-order valence-electron chi connectivity index (χ4n) is 3.50. The molecule has 0 unspecified atom stereocenters. The summed E-state index contributed by atoms with van der Waals surface area (Å²) in [6.07, 6.45) is 4.07. The van der Waals surface area contributed by atoms with E-state index < -0.39 is 0 Å². The lowest BCUT2D eigenvalue weighted by molar-refractivity contribution is 0.0838. The van der Waals surface area contributed by atoms with E-state index >= 15 is 0 Å². The molecule has 1 aromatic rings. The van der Waals surface area contributed by atoms with Crippen molar-refractivity contribution in [3.05, 3.63) is 28.8 Å². The second-order valence-electron chi connectivity index (χ2n) is 6.52. The number of benzene rings is 1. The maximum atomic E-state index is 6.64. The Morgan fingerprint density at radius 2 is 1.95 bits per heavy atom. The number of nitrogens with one attached hydrogen (secondary N) is 1. The molecule has 0 radical (unpaired) electrons. The van der Waals surface area contributed by atoms with Gasteiger partial charge >= 0.3 is 0 Å². The Bertz CT molecular complexity index is 479. The molecule has 0 bridgehead atoms. The van der Waals surface area contributed by atoms with Crippen LogP contribution in [0.1, 0.15) is 30.9 Å². The van der Waals surface area contributed by atoms with Crippen LogP contribution in [-0.2, 0) is 0 Å². The molecule has 1 aliphatic heterocycles. The predicted molar refractivity (Wildman–Crippen MR) is 90.3 cm³/mol. The van der Waals surface area contributed by atoms with Gasteiger partial charge in [-0.05, 0) is 36.5 Å². The molecule has 3 nitrogen and oxygen atoms in total. The molecule has 1 atom stereocenters. The van der Waals surface area contributed by atoms with Crippen molar-refractivity contribution in [3.63, 3.8) is 0 Å². The summed E-state index contributed by atoms with van der Waals surface area (Å²) in [7, 11) is 4.12. The maximum absolute atomic E-state index is 6.64. The minimum atomic E-state index is 0.504. The number of hydrogen-bond acceptors (Lipinski definition) is 3. The van der Waals surface area contributed by atoms with Gasteiger partial charge in [0.05, 0.1) is 0 Å². The van der Waals surface area contributed by atoms with Crippen LogP contribution in [0.25, 0.3) is 0 Å². The Morgan fingerprint density at radius 3 is 2.48 bits per heavy atom. The Hall–Kier alpha value is -0.770. The van der Waals surface area contributed by atoms with Gasteiger partial charge < -0.3 is 10.2 Å². The first-order chi connectivity index (χ1) is 10.2. The van der Waals surface area contributed by atoms with Gasteiger partial charge in [-0.1, -0.05) is 24.1 Å². The summed E-state index contributed by atoms with van der Waals surface area (Å²) in [5.41, 5.74) is 2.50. The second kappa shape index (κ2) is 6.55. The summed E-state index contributed by atoms with van der Waals surface area (Å²) < 4.78 is 0. The summed E-state index contributed by atoms with van der Waals surface area (Å²) in [5.74, 6) is 0.783. The van der Waals surface area contributed by atoms with Crippen molar-refractivity contribution in [2.75, 3.05) is 45.2 Å². The molecule has 2 aliphatic rings. The normalized spacial score (nSPS) is 21.9. The van der Waals surface area contributed by atoms with Gasteiger partial charge in [0.25, 0.3) is 0 Å². The second-order valence-corrected chi connectivity index (χ2v) is 6.93. The van der Waals surface area contributed by atoms with E-state index in [2.05, 4.69) is 47.4 Å². The third kappa shape index (κ3) is 3.20. The zero-order chi connectivity index (χ0) is 14.8. The summed E-state index contributed by atoms with van der Waals surface area (Å²) in [6, 6.07) is 7.08. The lowest BCUT2D eigenvalue weighted by atomic mass is 9.76. The molecule has 1 N–H and O–H groups in total. The number of hydrogen-bond donors (Lipinski definition) is 1. The van der Waals surface area contributed by atoms with Crippen molar-refractivity contribution in [2.24, 2.45) is 5.92 Å². The molecule has 116 valence electrons. The molecule has 2 fully saturated rings. The molecule has 0 amide bonds. The third-order valence-electron chi connectivity index (χ3n) is 4.96. The molecule has 0 aromatic heterocycles. The van der Waals surface area contributed by atoms with Gasteiger partial charge in [-0.3, -0.25) is 4.90 Å². The first-order valence-corrected chi connectivity index (χ1v) is 8.46. The van der Waals surface area contributed by atoms with Crippen LogP contribution in [0.4, 0.5) is 5.69 Å². The fraction of sp³-hybridized carbons (Fsp3) is 0.647. The standard InChI is InChI=1S/C17H26ClN3/c1-20(2)14-6-7-15(16(18)12-14)17(13-4-3-5-13)21-10-8-19-9-11-21/h6-7,12-13,17,19H,3-5,8-11H2,1-2H3/t17-/m1/s1. The van der Waals surface area contributed by atoms with Gasteiger partial charge in [-0.25, -0.2) is 0 Å². The monoisotopic (exact) mass is 307 g/mol. The Labute approximate surface area is 133 Å². The van der Waals surface area contributed by atoms with Crippen LogP contribution >= 0.6 is 11.6 Å². The van der Waals surface area contributed by atoms with E-state index in [9.17, 15) is 0 Å². The maximum Gasteiger partial charge on any atom is 0.0474 e. The van der Waals surface area contributed by atoms with E-state index in [1.165, 1.54) is 30.5 Å². The largest absolute Gasteiger partial charge is 0.378 e. The molecule has 21 heavy (non-hydrogen) atoms. The van der Waals surface area contributed by atoms with E-state index in [4.69, 9.17) is 11.6 Å². The molecule has 1 saturated carbocycles. The van der Waals surface area contributed by atoms with E-state index in [1.54, 1.807) is 0 Å². The molecule has 1 aromatic carbocycles. The average Bonchev–Trinajstić information content (AvgIpc) is 2.44. The number of rotatable bonds is 4. The van der Waals surface area contributed by atoms with Crippen molar-refractivity contribution in [2.45, 2.75) is 25.3 Å². The van der Waals surface area contributed by atoms with E-state index in [-0.39, 0.29) is 0 Å². The van der Waals surface area contributed by atoms with Crippen molar-refractivity contribution >= 4 is 17.3 Å². The summed E-state index contributed by atoms with van der Waals surface area (Å²) >= 11 is 6.64. The smallest absolute Gasteiger partial charge is 0.0474 e. The molecule has 0 spiro atoms. The number of piperazine rings is 1. The summed E-state index contributed by atoms with van der Waals surface area (Å²) in [4.78, 5) is 4.75. The van der Waals surface area contributed by atoms with Gasteiger partial charge in [-0.15, -0.1) is 0 Å². The topological polar surface area (TPSA) is 18.5 Å². The number of halogens is 1. The zero-order valence-electron chi connectivity index (χ0n) is 13.1. The highest BCUT2D eigenvalue weighted by Crippen LogP contribution is 2.44. The van der Waals surface area contributed by atoms with Gasteiger partial charge in [0, 0.05) is 57.0 Å². The molecule has 1 saturated heterocycles. The molecular weight excluding hydrogens is 282 g/mol. The highest BCUT2D eigenvalue weighted by molar-refractivity contribution is 6.31. The quantitative estimate of drug-likeness (QED) is 0.922. The third-order valence-corrected chi connectivity index (χ3v) is 5.29. The summed E-state index contributed by atoms with van der Waals surface area (Å²) in [5, 5.41) is 4.38. The Balaban J connectivity index is 1.88. The van der Waals surface area contributed by atoms with Gasteiger partial charge in [0.15, 0.2) is 0 Å². The van der Waals surface area contributed by atoms with Crippen molar-refractivity contribution in [1.82, 2.24) is 10.2 Å². The predicted octanol–water partition coefficient (Wildman–Crippen LogP) is 3.15. The first-order valence-electron chi connectivity index (χ1n) is 8.08. The van der Waals surface area contributed by atoms with Crippen LogP contribution in [-0.4, -0.2) is 45.2 Å². The van der Waals surface area contributed by atoms with Crippen LogP contribution in [0.3, 0.4) is 0 Å². The van der Waals surface area contributed by atoms with Crippen molar-refractivity contribution in [3.8, 4) is 0 Å². The van der Waals surface area contributed by atoms with E-state index in [1.807, 2.05) is 0 Å². The Kier molecular flexibility index (Phi) is 4.72. The molecular formula is C17H26ClN3. The van der Waals surface area contributed by atoms with E-state index in [0.29, 0.717) is 6.04 Å². The van der Waals surface area contributed by atoms with Crippen LogP contribution < -0.4 is 10.2 Å². The molecule has 1 aliphatic carbocycles. The van der Waals surface area contributed by atoms with E-state index in [0.717, 1.165) is 37.1 Å². The highest BCUT2D eigenvalue weighted by Gasteiger charge is 2.34. The molecule has 3 rings (SSSR count). The van der Waals surface area contributed by atoms with Crippen LogP contribution in [0, 0.1) is 5.92 Å². The first kappa shape index (κ1) is 15.1. The van der Waals surface area contributed by atoms with Crippen LogP contribution in [0.2, 0.25) is 5.02 Å². The minimum absolute atomic E-state index is 0.504. The van der Waals surface area contributed by atoms with Crippen molar-refractivity contribution < 1.29 is 0 Å². The SMILES string of the molecule is CN(C)c1ccc([C@@H](C2CCC2)N2CCNCC2)c(Cl)c1. The lowest BCUT2D eigenvalue weighted by Gasteiger charge is -2.43. The molecule has 4 heteroatoms. The van der Waals surface area contributed by atoms with Gasteiger partial charge in [-0.2, -0.15) is 0 Å². The average molecular weight is 308 g/mol. The lowest BCUT2D eigenvalue weighted by Crippen LogP contribution is -2.47. The Morgan fingerprint density at radius 1 is 1.24 bits per heavy atom. The fourth-order valence-corrected chi connectivity index (χ4v) is 3.79.